The Labute approximate surface area is 122 Å². The molecule has 3 atom stereocenters. The number of likely N-dealkylation sites (tertiary alicyclic amines) is 1. The van der Waals surface area contributed by atoms with Gasteiger partial charge in [0.1, 0.15) is 5.75 Å². The van der Waals surface area contributed by atoms with E-state index in [-0.39, 0.29) is 0 Å². The molecule has 0 saturated carbocycles. The van der Waals surface area contributed by atoms with E-state index >= 15 is 0 Å². The van der Waals surface area contributed by atoms with E-state index in [0.29, 0.717) is 12.1 Å². The maximum absolute atomic E-state index is 5.79. The molecule has 0 aliphatic carbocycles. The van der Waals surface area contributed by atoms with Gasteiger partial charge in [-0.2, -0.15) is 0 Å². The first-order chi connectivity index (χ1) is 9.79. The van der Waals surface area contributed by atoms with Crippen LogP contribution in [0.25, 0.3) is 0 Å². The molecule has 1 aromatic carbocycles. The second kappa shape index (κ2) is 6.15. The highest BCUT2D eigenvalue weighted by atomic mass is 16.5. The topological polar surface area (TPSA) is 24.5 Å². The minimum absolute atomic E-state index is 0.435. The summed E-state index contributed by atoms with van der Waals surface area (Å²) in [4.78, 5) is 2.62. The summed E-state index contributed by atoms with van der Waals surface area (Å²) in [5.41, 5.74) is 1.33. The van der Waals surface area contributed by atoms with Gasteiger partial charge in [-0.25, -0.2) is 0 Å². The summed E-state index contributed by atoms with van der Waals surface area (Å²) in [5.74, 6) is 1.88. The van der Waals surface area contributed by atoms with Crippen molar-refractivity contribution >= 4 is 0 Å². The first kappa shape index (κ1) is 13.9. The van der Waals surface area contributed by atoms with Crippen molar-refractivity contribution in [2.75, 3.05) is 26.2 Å². The number of fused-ring (bicyclic) bond motifs is 1. The molecule has 0 amide bonds. The third-order valence-electron chi connectivity index (χ3n) is 4.84. The first-order valence-electron chi connectivity index (χ1n) is 7.98. The van der Waals surface area contributed by atoms with Crippen LogP contribution < -0.4 is 10.1 Å². The van der Waals surface area contributed by atoms with Crippen LogP contribution in [0.5, 0.6) is 5.75 Å². The van der Waals surface area contributed by atoms with Crippen LogP contribution in [-0.2, 0) is 0 Å². The van der Waals surface area contributed by atoms with Crippen molar-refractivity contribution in [1.82, 2.24) is 10.2 Å². The van der Waals surface area contributed by atoms with Gasteiger partial charge in [0.15, 0.2) is 0 Å². The van der Waals surface area contributed by atoms with Crippen LogP contribution in [0.2, 0.25) is 0 Å². The Hall–Kier alpha value is -1.06. The largest absolute Gasteiger partial charge is 0.494 e. The van der Waals surface area contributed by atoms with Crippen molar-refractivity contribution in [2.45, 2.75) is 38.8 Å². The standard InChI is InChI=1S/C17H26N2O/c1-3-20-17-9-5-4-8-15(17)13(2)19-11-14-7-6-10-18-16(14)12-19/h4-5,8-9,13-14,16,18H,3,6-7,10-12H2,1-2H3. The lowest BCUT2D eigenvalue weighted by atomic mass is 9.94. The molecule has 0 spiro atoms. The molecular weight excluding hydrogens is 248 g/mol. The lowest BCUT2D eigenvalue weighted by Crippen LogP contribution is -2.40. The second-order valence-electron chi connectivity index (χ2n) is 6.06. The molecule has 2 saturated heterocycles. The van der Waals surface area contributed by atoms with Gasteiger partial charge < -0.3 is 10.1 Å². The monoisotopic (exact) mass is 274 g/mol. The van der Waals surface area contributed by atoms with E-state index in [1.807, 2.05) is 0 Å². The zero-order valence-electron chi connectivity index (χ0n) is 12.6. The van der Waals surface area contributed by atoms with E-state index in [2.05, 4.69) is 48.3 Å². The van der Waals surface area contributed by atoms with Crippen LogP contribution in [0, 0.1) is 5.92 Å². The molecule has 3 nitrogen and oxygen atoms in total. The molecule has 1 N–H and O–H groups in total. The highest BCUT2D eigenvalue weighted by molar-refractivity contribution is 5.35. The van der Waals surface area contributed by atoms with Crippen molar-refractivity contribution < 1.29 is 4.74 Å². The fraction of sp³-hybridized carbons (Fsp3) is 0.647. The second-order valence-corrected chi connectivity index (χ2v) is 6.06. The number of hydrogen-bond acceptors (Lipinski definition) is 3. The van der Waals surface area contributed by atoms with E-state index in [0.717, 1.165) is 18.3 Å². The first-order valence-corrected chi connectivity index (χ1v) is 7.98. The Morgan fingerprint density at radius 3 is 3.00 bits per heavy atom. The highest BCUT2D eigenvalue weighted by Gasteiger charge is 2.36. The zero-order valence-corrected chi connectivity index (χ0v) is 12.6. The van der Waals surface area contributed by atoms with Gasteiger partial charge in [0.05, 0.1) is 6.61 Å². The number of nitrogens with zero attached hydrogens (tertiary/aromatic N) is 1. The Balaban J connectivity index is 1.74. The molecule has 2 heterocycles. The predicted molar refractivity (Wildman–Crippen MR) is 82.1 cm³/mol. The third kappa shape index (κ3) is 2.70. The fourth-order valence-corrected chi connectivity index (χ4v) is 3.71. The van der Waals surface area contributed by atoms with Crippen molar-refractivity contribution in [1.29, 1.82) is 0 Å². The van der Waals surface area contributed by atoms with Crippen molar-refractivity contribution in [3.05, 3.63) is 29.8 Å². The molecule has 1 aromatic rings. The molecule has 0 aromatic heterocycles. The van der Waals surface area contributed by atoms with Crippen LogP contribution in [0.15, 0.2) is 24.3 Å². The summed E-state index contributed by atoms with van der Waals surface area (Å²) < 4.78 is 5.79. The fourth-order valence-electron chi connectivity index (χ4n) is 3.71. The Bertz CT molecular complexity index is 434. The van der Waals surface area contributed by atoms with Gasteiger partial charge in [-0.1, -0.05) is 18.2 Å². The van der Waals surface area contributed by atoms with Gasteiger partial charge >= 0.3 is 0 Å². The number of para-hydroxylation sites is 1. The Morgan fingerprint density at radius 2 is 2.20 bits per heavy atom. The Morgan fingerprint density at radius 1 is 1.35 bits per heavy atom. The molecule has 20 heavy (non-hydrogen) atoms. The quantitative estimate of drug-likeness (QED) is 0.913. The molecule has 2 fully saturated rings. The van der Waals surface area contributed by atoms with E-state index in [9.17, 15) is 0 Å². The third-order valence-corrected chi connectivity index (χ3v) is 4.84. The molecule has 2 aliphatic rings. The van der Waals surface area contributed by atoms with E-state index in [1.54, 1.807) is 0 Å². The molecule has 3 unspecified atom stereocenters. The van der Waals surface area contributed by atoms with Gasteiger partial charge in [-0.05, 0) is 45.2 Å². The summed E-state index contributed by atoms with van der Waals surface area (Å²) in [6.07, 6.45) is 2.72. The maximum atomic E-state index is 5.79. The number of benzene rings is 1. The van der Waals surface area contributed by atoms with Gasteiger partial charge in [-0.3, -0.25) is 4.90 Å². The van der Waals surface area contributed by atoms with Gasteiger partial charge in [0, 0.05) is 30.7 Å². The number of ether oxygens (including phenoxy) is 1. The molecule has 0 bridgehead atoms. The van der Waals surface area contributed by atoms with Crippen molar-refractivity contribution in [2.24, 2.45) is 5.92 Å². The minimum atomic E-state index is 0.435. The van der Waals surface area contributed by atoms with E-state index < -0.39 is 0 Å². The zero-order chi connectivity index (χ0) is 13.9. The molecule has 110 valence electrons. The summed E-state index contributed by atoms with van der Waals surface area (Å²) in [7, 11) is 0. The van der Waals surface area contributed by atoms with Gasteiger partial charge in [0.2, 0.25) is 0 Å². The lowest BCUT2D eigenvalue weighted by molar-refractivity contribution is 0.241. The molecule has 0 radical (unpaired) electrons. The number of piperidine rings is 1. The van der Waals surface area contributed by atoms with Gasteiger partial charge in [-0.15, -0.1) is 0 Å². The summed E-state index contributed by atoms with van der Waals surface area (Å²) >= 11 is 0. The van der Waals surface area contributed by atoms with E-state index in [4.69, 9.17) is 4.74 Å². The van der Waals surface area contributed by atoms with E-state index in [1.165, 1.54) is 38.0 Å². The summed E-state index contributed by atoms with van der Waals surface area (Å²) in [6, 6.07) is 9.62. The minimum Gasteiger partial charge on any atom is -0.494 e. The van der Waals surface area contributed by atoms with Crippen LogP contribution in [0.1, 0.15) is 38.3 Å². The number of rotatable bonds is 4. The van der Waals surface area contributed by atoms with Crippen LogP contribution >= 0.6 is 0 Å². The highest BCUT2D eigenvalue weighted by Crippen LogP contribution is 2.34. The summed E-state index contributed by atoms with van der Waals surface area (Å²) in [5, 5.41) is 3.68. The van der Waals surface area contributed by atoms with Crippen LogP contribution in [0.3, 0.4) is 0 Å². The average Bonchev–Trinajstić information content (AvgIpc) is 2.91. The van der Waals surface area contributed by atoms with Crippen molar-refractivity contribution in [3.63, 3.8) is 0 Å². The number of nitrogens with one attached hydrogen (secondary N) is 1. The average molecular weight is 274 g/mol. The maximum Gasteiger partial charge on any atom is 0.124 e. The molecular formula is C17H26N2O. The van der Waals surface area contributed by atoms with Crippen LogP contribution in [0.4, 0.5) is 0 Å². The normalized spacial score (nSPS) is 28.1. The molecule has 3 rings (SSSR count). The van der Waals surface area contributed by atoms with Crippen LogP contribution in [-0.4, -0.2) is 37.2 Å². The molecule has 2 aliphatic heterocycles. The predicted octanol–water partition coefficient (Wildman–Crippen LogP) is 2.83. The van der Waals surface area contributed by atoms with Gasteiger partial charge in [0.25, 0.3) is 0 Å². The SMILES string of the molecule is CCOc1ccccc1C(C)N1CC2CCCNC2C1. The summed E-state index contributed by atoms with van der Waals surface area (Å²) in [6.45, 7) is 8.69. The smallest absolute Gasteiger partial charge is 0.124 e. The Kier molecular flexibility index (Phi) is 4.27. The lowest BCUT2D eigenvalue weighted by Gasteiger charge is -2.26. The van der Waals surface area contributed by atoms with Crippen molar-refractivity contribution in [3.8, 4) is 5.75 Å². The molecule has 3 heteroatoms. The number of hydrogen-bond donors (Lipinski definition) is 1.